The first-order valence-corrected chi connectivity index (χ1v) is 5.88. The summed E-state index contributed by atoms with van der Waals surface area (Å²) in [4.78, 5) is 0. The second-order valence-electron chi connectivity index (χ2n) is 4.23. The van der Waals surface area contributed by atoms with E-state index in [0.29, 0.717) is 5.70 Å². The fourth-order valence-corrected chi connectivity index (χ4v) is 1.89. The molecular formula is C12H21N5O. The molecular weight excluding hydrogens is 230 g/mol. The van der Waals surface area contributed by atoms with Crippen molar-refractivity contribution in [1.82, 2.24) is 21.1 Å². The van der Waals surface area contributed by atoms with Crippen molar-refractivity contribution in [2.45, 2.75) is 25.1 Å². The van der Waals surface area contributed by atoms with E-state index in [1.807, 2.05) is 14.0 Å². The Morgan fingerprint density at radius 1 is 1.67 bits per heavy atom. The van der Waals surface area contributed by atoms with Gasteiger partial charge in [-0.2, -0.15) is 5.26 Å². The van der Waals surface area contributed by atoms with Crippen molar-refractivity contribution in [1.29, 1.82) is 5.26 Å². The van der Waals surface area contributed by atoms with Crippen LogP contribution in [0.3, 0.4) is 0 Å². The summed E-state index contributed by atoms with van der Waals surface area (Å²) in [5.41, 5.74) is 4.44. The minimum Gasteiger partial charge on any atom is -0.394 e. The molecule has 1 aliphatic heterocycles. The summed E-state index contributed by atoms with van der Waals surface area (Å²) in [6, 6.07) is 1.74. The van der Waals surface area contributed by atoms with Gasteiger partial charge in [-0.1, -0.05) is 0 Å². The fraction of sp³-hybridized carbons (Fsp3) is 0.583. The molecule has 1 heterocycles. The zero-order chi connectivity index (χ0) is 13.7. The Hall–Kier alpha value is -1.55. The van der Waals surface area contributed by atoms with Crippen molar-refractivity contribution in [2.75, 3.05) is 21.1 Å². The summed E-state index contributed by atoms with van der Waals surface area (Å²) in [6.45, 7) is 1.97. The fourth-order valence-electron chi connectivity index (χ4n) is 1.89. The minimum atomic E-state index is -0.754. The highest BCUT2D eigenvalue weighted by molar-refractivity contribution is 5.30. The van der Waals surface area contributed by atoms with Crippen LogP contribution in [0.4, 0.5) is 0 Å². The van der Waals surface area contributed by atoms with E-state index in [9.17, 15) is 5.11 Å². The number of hydrazine groups is 1. The molecule has 0 saturated carbocycles. The summed E-state index contributed by atoms with van der Waals surface area (Å²) in [7, 11) is 5.41. The van der Waals surface area contributed by atoms with Crippen LogP contribution in [0, 0.1) is 11.3 Å². The van der Waals surface area contributed by atoms with Gasteiger partial charge < -0.3 is 20.7 Å². The topological polar surface area (TPSA) is 83.3 Å². The third-order valence-electron chi connectivity index (χ3n) is 3.04. The lowest BCUT2D eigenvalue weighted by atomic mass is 10.0. The number of nitrogens with one attached hydrogen (secondary N) is 3. The van der Waals surface area contributed by atoms with E-state index in [1.54, 1.807) is 31.4 Å². The zero-order valence-corrected chi connectivity index (χ0v) is 11.2. The average molecular weight is 251 g/mol. The SMILES string of the molecule is CN/C=C(\C(C)NC)C(O)C1=CC(C#N)NN1C. The highest BCUT2D eigenvalue weighted by Gasteiger charge is 2.28. The summed E-state index contributed by atoms with van der Waals surface area (Å²) < 4.78 is 0. The first kappa shape index (κ1) is 14.5. The molecule has 1 aliphatic rings. The van der Waals surface area contributed by atoms with Gasteiger partial charge in [0.2, 0.25) is 0 Å². The molecule has 0 saturated heterocycles. The first-order valence-electron chi connectivity index (χ1n) is 5.88. The van der Waals surface area contributed by atoms with Gasteiger partial charge in [-0.25, -0.2) is 5.43 Å². The van der Waals surface area contributed by atoms with E-state index in [1.165, 1.54) is 0 Å². The molecule has 3 unspecified atom stereocenters. The van der Waals surface area contributed by atoms with E-state index in [4.69, 9.17) is 5.26 Å². The summed E-state index contributed by atoms with van der Waals surface area (Å²) in [6.07, 6.45) is 2.76. The third-order valence-corrected chi connectivity index (χ3v) is 3.04. The van der Waals surface area contributed by atoms with Gasteiger partial charge >= 0.3 is 0 Å². The number of nitriles is 1. The normalized spacial score (nSPS) is 23.3. The quantitative estimate of drug-likeness (QED) is 0.516. The standard InChI is InChI=1S/C12H21N5O/c1-8(15-3)10(7-14-2)12(18)11-5-9(6-13)16-17(11)4/h5,7-9,12,14-16,18H,1-4H3/b10-7+. The van der Waals surface area contributed by atoms with Crippen LogP contribution in [0.1, 0.15) is 6.92 Å². The van der Waals surface area contributed by atoms with E-state index in [-0.39, 0.29) is 12.1 Å². The molecule has 4 N–H and O–H groups in total. The van der Waals surface area contributed by atoms with Crippen LogP contribution in [0.15, 0.2) is 23.5 Å². The Labute approximate surface area is 108 Å². The van der Waals surface area contributed by atoms with Gasteiger partial charge in [0.15, 0.2) is 0 Å². The van der Waals surface area contributed by atoms with Crippen LogP contribution in [0.5, 0.6) is 0 Å². The van der Waals surface area contributed by atoms with Crippen LogP contribution < -0.4 is 16.1 Å². The van der Waals surface area contributed by atoms with E-state index in [0.717, 1.165) is 5.57 Å². The molecule has 6 heteroatoms. The monoisotopic (exact) mass is 251 g/mol. The van der Waals surface area contributed by atoms with Gasteiger partial charge in [0, 0.05) is 20.1 Å². The molecule has 100 valence electrons. The van der Waals surface area contributed by atoms with Crippen molar-refractivity contribution in [2.24, 2.45) is 0 Å². The van der Waals surface area contributed by atoms with Crippen molar-refractivity contribution in [3.8, 4) is 6.07 Å². The Morgan fingerprint density at radius 2 is 2.33 bits per heavy atom. The van der Waals surface area contributed by atoms with Crippen LogP contribution in [0.2, 0.25) is 0 Å². The number of rotatable bonds is 5. The Balaban J connectivity index is 2.94. The molecule has 0 fully saturated rings. The lowest BCUT2D eigenvalue weighted by Gasteiger charge is -2.26. The minimum absolute atomic E-state index is 0.0304. The van der Waals surface area contributed by atoms with E-state index >= 15 is 0 Å². The molecule has 0 bridgehead atoms. The molecule has 0 aromatic heterocycles. The molecule has 3 atom stereocenters. The lowest BCUT2D eigenvalue weighted by Crippen LogP contribution is -2.39. The summed E-state index contributed by atoms with van der Waals surface area (Å²) >= 11 is 0. The van der Waals surface area contributed by atoms with E-state index in [2.05, 4.69) is 22.1 Å². The number of aliphatic hydroxyl groups excluding tert-OH is 1. The smallest absolute Gasteiger partial charge is 0.133 e. The first-order chi connectivity index (χ1) is 8.54. The maximum Gasteiger partial charge on any atom is 0.133 e. The molecule has 18 heavy (non-hydrogen) atoms. The van der Waals surface area contributed by atoms with Crippen molar-refractivity contribution >= 4 is 0 Å². The second kappa shape index (κ2) is 6.40. The highest BCUT2D eigenvalue weighted by Crippen LogP contribution is 2.21. The lowest BCUT2D eigenvalue weighted by molar-refractivity contribution is 0.183. The second-order valence-corrected chi connectivity index (χ2v) is 4.23. The average Bonchev–Trinajstić information content (AvgIpc) is 2.75. The van der Waals surface area contributed by atoms with Gasteiger partial charge in [0.05, 0.1) is 11.8 Å². The summed E-state index contributed by atoms with van der Waals surface area (Å²) in [5, 5.41) is 27.0. The third kappa shape index (κ3) is 3.01. The highest BCUT2D eigenvalue weighted by atomic mass is 16.3. The van der Waals surface area contributed by atoms with Crippen LogP contribution >= 0.6 is 0 Å². The molecule has 0 aliphatic carbocycles. The molecule has 0 amide bonds. The van der Waals surface area contributed by atoms with Crippen LogP contribution in [-0.2, 0) is 0 Å². The number of aliphatic hydroxyl groups is 1. The molecule has 1 rings (SSSR count). The van der Waals surface area contributed by atoms with Gasteiger partial charge in [0.25, 0.3) is 0 Å². The number of likely N-dealkylation sites (N-methyl/N-ethyl adjacent to an activating group) is 2. The zero-order valence-electron chi connectivity index (χ0n) is 11.2. The van der Waals surface area contributed by atoms with Crippen molar-refractivity contribution < 1.29 is 5.11 Å². The number of hydrogen-bond donors (Lipinski definition) is 4. The molecule has 0 radical (unpaired) electrons. The molecule has 0 aromatic rings. The maximum absolute atomic E-state index is 10.4. The predicted octanol–water partition coefficient (Wildman–Crippen LogP) is -0.715. The number of nitrogens with zero attached hydrogens (tertiary/aromatic N) is 2. The molecule has 0 aromatic carbocycles. The number of hydrogen-bond acceptors (Lipinski definition) is 6. The largest absolute Gasteiger partial charge is 0.394 e. The Kier molecular flexibility index (Phi) is 5.16. The molecule has 0 spiro atoms. The predicted molar refractivity (Wildman–Crippen MR) is 70.1 cm³/mol. The van der Waals surface area contributed by atoms with Crippen LogP contribution in [0.25, 0.3) is 0 Å². The summed E-state index contributed by atoms with van der Waals surface area (Å²) in [5.74, 6) is 0. The maximum atomic E-state index is 10.4. The van der Waals surface area contributed by atoms with Gasteiger partial charge in [0.1, 0.15) is 12.1 Å². The molecule has 6 nitrogen and oxygen atoms in total. The van der Waals surface area contributed by atoms with E-state index < -0.39 is 6.10 Å². The van der Waals surface area contributed by atoms with Crippen LogP contribution in [-0.4, -0.2) is 49.4 Å². The van der Waals surface area contributed by atoms with Gasteiger partial charge in [-0.15, -0.1) is 0 Å². The van der Waals surface area contributed by atoms with Crippen molar-refractivity contribution in [3.63, 3.8) is 0 Å². The van der Waals surface area contributed by atoms with Crippen molar-refractivity contribution in [3.05, 3.63) is 23.5 Å². The van der Waals surface area contributed by atoms with Gasteiger partial charge in [-0.05, 0) is 31.8 Å². The van der Waals surface area contributed by atoms with Gasteiger partial charge in [-0.3, -0.25) is 0 Å². The Bertz CT molecular complexity index is 384. The Morgan fingerprint density at radius 3 is 2.78 bits per heavy atom.